The van der Waals surface area contributed by atoms with Crippen LogP contribution in [0.2, 0.25) is 0 Å². The van der Waals surface area contributed by atoms with E-state index in [2.05, 4.69) is 43.3 Å². The van der Waals surface area contributed by atoms with E-state index in [0.29, 0.717) is 5.92 Å². The predicted molar refractivity (Wildman–Crippen MR) is 115 cm³/mol. The van der Waals surface area contributed by atoms with Gasteiger partial charge in [-0.05, 0) is 98.7 Å². The van der Waals surface area contributed by atoms with E-state index >= 15 is 0 Å². The zero-order valence-corrected chi connectivity index (χ0v) is 17.2. The van der Waals surface area contributed by atoms with Crippen LogP contribution in [0.1, 0.15) is 81.8 Å². The molecular formula is C26H34FN. The average molecular weight is 380 g/mol. The van der Waals surface area contributed by atoms with Gasteiger partial charge in [-0.2, -0.15) is 9.65 Å². The number of benzene rings is 1. The number of hydrogen-bond donors (Lipinski definition) is 0. The lowest BCUT2D eigenvalue weighted by molar-refractivity contribution is 0.346. The van der Waals surface area contributed by atoms with Crippen LogP contribution in [0.15, 0.2) is 48.3 Å². The lowest BCUT2D eigenvalue weighted by atomic mass is 9.77. The summed E-state index contributed by atoms with van der Waals surface area (Å²) in [6.45, 7) is 2.24. The summed E-state index contributed by atoms with van der Waals surface area (Å²) in [5, 5.41) is 8.57. The summed E-state index contributed by atoms with van der Waals surface area (Å²) in [7, 11) is 0. The lowest BCUT2D eigenvalue weighted by Crippen LogP contribution is -2.14. The van der Waals surface area contributed by atoms with Gasteiger partial charge >= 0.3 is 0 Å². The van der Waals surface area contributed by atoms with Crippen molar-refractivity contribution in [2.45, 2.75) is 77.0 Å². The molecule has 2 aliphatic carbocycles. The molecule has 0 aliphatic heterocycles. The SMILES string of the molecule is CCCc1ccc([C@H]2CC[C@H](C=C[C@H]3CC[C@H](C=C(F)C#N)CC3)CC2)cc1. The standard InChI is InChI=1S/C26H34FN/c1-2-3-20-10-14-24(15-11-20)25-16-12-22(13-17-25)5-4-21-6-8-23(9-7-21)18-26(27)19-28/h4-5,10-11,14-15,18,21-23,25H,2-3,6-9,12-13,16-17H2,1H3/t21-,22-,23-,25-. The van der Waals surface area contributed by atoms with Crippen LogP contribution in [0.5, 0.6) is 0 Å². The summed E-state index contributed by atoms with van der Waals surface area (Å²) in [5.41, 5.74) is 2.99. The van der Waals surface area contributed by atoms with Crippen LogP contribution in [0.25, 0.3) is 0 Å². The second-order valence-corrected chi connectivity index (χ2v) is 8.79. The van der Waals surface area contributed by atoms with Crippen LogP contribution in [0, 0.1) is 29.1 Å². The fourth-order valence-corrected chi connectivity index (χ4v) is 4.95. The molecule has 1 aromatic rings. The number of rotatable bonds is 6. The minimum absolute atomic E-state index is 0.253. The molecule has 0 amide bonds. The molecule has 1 aromatic carbocycles. The van der Waals surface area contributed by atoms with Crippen molar-refractivity contribution in [3.05, 3.63) is 59.4 Å². The topological polar surface area (TPSA) is 23.8 Å². The fraction of sp³-hybridized carbons (Fsp3) is 0.577. The number of aryl methyl sites for hydroxylation is 1. The Kier molecular flexibility index (Phi) is 7.90. The summed E-state index contributed by atoms with van der Waals surface area (Å²) in [4.78, 5) is 0. The number of nitrogens with zero attached hydrogens (tertiary/aromatic N) is 1. The Balaban J connectivity index is 1.41. The van der Waals surface area contributed by atoms with Crippen molar-refractivity contribution in [1.82, 2.24) is 0 Å². The largest absolute Gasteiger partial charge is 0.196 e. The summed E-state index contributed by atoms with van der Waals surface area (Å²) in [6.07, 6.45) is 18.3. The van der Waals surface area contributed by atoms with Gasteiger partial charge in [0.25, 0.3) is 0 Å². The van der Waals surface area contributed by atoms with Crippen molar-refractivity contribution in [2.75, 3.05) is 0 Å². The molecule has 0 aromatic heterocycles. The zero-order chi connectivity index (χ0) is 19.8. The summed E-state index contributed by atoms with van der Waals surface area (Å²) in [6, 6.07) is 10.9. The maximum absolute atomic E-state index is 13.1. The summed E-state index contributed by atoms with van der Waals surface area (Å²) >= 11 is 0. The monoisotopic (exact) mass is 379 g/mol. The highest BCUT2D eigenvalue weighted by atomic mass is 19.1. The molecule has 0 unspecified atom stereocenters. The predicted octanol–water partition coefficient (Wildman–Crippen LogP) is 7.65. The molecular weight excluding hydrogens is 345 g/mol. The van der Waals surface area contributed by atoms with E-state index in [1.807, 2.05) is 0 Å². The molecule has 0 saturated heterocycles. The van der Waals surface area contributed by atoms with Crippen molar-refractivity contribution in [3.8, 4) is 6.07 Å². The molecule has 1 nitrogen and oxygen atoms in total. The summed E-state index contributed by atoms with van der Waals surface area (Å²) in [5.74, 6) is 1.74. The number of hydrogen-bond acceptors (Lipinski definition) is 1. The maximum Gasteiger partial charge on any atom is 0.196 e. The van der Waals surface area contributed by atoms with Gasteiger partial charge in [-0.3, -0.25) is 0 Å². The van der Waals surface area contributed by atoms with E-state index in [-0.39, 0.29) is 5.92 Å². The van der Waals surface area contributed by atoms with Gasteiger partial charge in [-0.25, -0.2) is 0 Å². The number of allylic oxidation sites excluding steroid dienone is 4. The Hall–Kier alpha value is -1.88. The quantitative estimate of drug-likeness (QED) is 0.368. The Bertz CT molecular complexity index is 693. The van der Waals surface area contributed by atoms with Gasteiger partial charge in [0, 0.05) is 0 Å². The smallest absolute Gasteiger partial charge is 0.195 e. The van der Waals surface area contributed by atoms with Gasteiger partial charge in [0.2, 0.25) is 0 Å². The molecule has 0 bridgehead atoms. The van der Waals surface area contributed by atoms with Crippen molar-refractivity contribution in [1.29, 1.82) is 5.26 Å². The molecule has 2 heteroatoms. The molecule has 0 spiro atoms. The third-order valence-electron chi connectivity index (χ3n) is 6.72. The van der Waals surface area contributed by atoms with Crippen molar-refractivity contribution in [2.24, 2.45) is 17.8 Å². The number of nitriles is 1. The first-order valence-corrected chi connectivity index (χ1v) is 11.2. The first kappa shape index (κ1) is 20.8. The van der Waals surface area contributed by atoms with Crippen LogP contribution in [0.4, 0.5) is 4.39 Å². The van der Waals surface area contributed by atoms with Gasteiger partial charge in [0.1, 0.15) is 6.07 Å². The second kappa shape index (κ2) is 10.6. The van der Waals surface area contributed by atoms with E-state index in [0.717, 1.165) is 37.5 Å². The van der Waals surface area contributed by atoms with Gasteiger partial charge in [-0.15, -0.1) is 0 Å². The molecule has 0 heterocycles. The Morgan fingerprint density at radius 1 is 0.929 bits per heavy atom. The van der Waals surface area contributed by atoms with Crippen molar-refractivity contribution in [3.63, 3.8) is 0 Å². The Morgan fingerprint density at radius 2 is 1.46 bits per heavy atom. The van der Waals surface area contributed by atoms with Crippen LogP contribution < -0.4 is 0 Å². The van der Waals surface area contributed by atoms with E-state index in [1.54, 1.807) is 6.07 Å². The molecule has 3 rings (SSSR count). The van der Waals surface area contributed by atoms with Crippen LogP contribution in [0.3, 0.4) is 0 Å². The maximum atomic E-state index is 13.1. The third kappa shape index (κ3) is 6.06. The molecule has 0 radical (unpaired) electrons. The zero-order valence-electron chi connectivity index (χ0n) is 17.2. The highest BCUT2D eigenvalue weighted by Gasteiger charge is 2.22. The summed E-state index contributed by atoms with van der Waals surface area (Å²) < 4.78 is 13.1. The van der Waals surface area contributed by atoms with E-state index in [1.165, 1.54) is 55.7 Å². The van der Waals surface area contributed by atoms with Gasteiger partial charge in [0.05, 0.1) is 0 Å². The number of halogens is 1. The van der Waals surface area contributed by atoms with Crippen LogP contribution in [-0.4, -0.2) is 0 Å². The molecule has 0 atom stereocenters. The van der Waals surface area contributed by atoms with Crippen LogP contribution >= 0.6 is 0 Å². The first-order chi connectivity index (χ1) is 13.7. The highest BCUT2D eigenvalue weighted by molar-refractivity contribution is 5.26. The van der Waals surface area contributed by atoms with Gasteiger partial charge in [-0.1, -0.05) is 49.8 Å². The lowest BCUT2D eigenvalue weighted by Gasteiger charge is -2.28. The van der Waals surface area contributed by atoms with E-state index in [9.17, 15) is 4.39 Å². The first-order valence-electron chi connectivity index (χ1n) is 11.2. The Morgan fingerprint density at radius 3 is 2.00 bits per heavy atom. The third-order valence-corrected chi connectivity index (χ3v) is 6.72. The molecule has 2 fully saturated rings. The Labute approximate surface area is 170 Å². The molecule has 0 N–H and O–H groups in total. The van der Waals surface area contributed by atoms with Crippen molar-refractivity contribution >= 4 is 0 Å². The molecule has 150 valence electrons. The molecule has 2 aliphatic rings. The van der Waals surface area contributed by atoms with E-state index in [4.69, 9.17) is 5.26 Å². The van der Waals surface area contributed by atoms with Crippen LogP contribution in [-0.2, 0) is 6.42 Å². The molecule has 2 saturated carbocycles. The van der Waals surface area contributed by atoms with Gasteiger partial charge < -0.3 is 0 Å². The fourth-order valence-electron chi connectivity index (χ4n) is 4.95. The minimum atomic E-state index is -0.615. The normalized spacial score (nSPS) is 29.0. The second-order valence-electron chi connectivity index (χ2n) is 8.79. The van der Waals surface area contributed by atoms with Crippen molar-refractivity contribution < 1.29 is 4.39 Å². The highest BCUT2D eigenvalue weighted by Crippen LogP contribution is 2.37. The van der Waals surface area contributed by atoms with E-state index < -0.39 is 5.83 Å². The average Bonchev–Trinajstić information content (AvgIpc) is 2.74. The minimum Gasteiger partial charge on any atom is -0.195 e. The molecule has 28 heavy (non-hydrogen) atoms. The van der Waals surface area contributed by atoms with Gasteiger partial charge in [0.15, 0.2) is 5.83 Å².